The number of rotatable bonds is 9. The minimum atomic E-state index is -3.19. The second kappa shape index (κ2) is 10.6. The van der Waals surface area contributed by atoms with E-state index in [2.05, 4.69) is 15.3 Å². The molecule has 4 heterocycles. The number of esters is 1. The topological polar surface area (TPSA) is 146 Å². The zero-order valence-corrected chi connectivity index (χ0v) is 25.2. The molecule has 4 atom stereocenters. The molecule has 1 aliphatic heterocycles. The molecule has 0 aliphatic carbocycles. The quantitative estimate of drug-likeness (QED) is 0.345. The number of hydrogen-bond donors (Lipinski definition) is 2. The van der Waals surface area contributed by atoms with Gasteiger partial charge in [0.15, 0.2) is 0 Å². The molecule has 10 nitrogen and oxygen atoms in total. The van der Waals surface area contributed by atoms with E-state index in [0.29, 0.717) is 47.0 Å². The van der Waals surface area contributed by atoms with Crippen molar-refractivity contribution in [3.63, 3.8) is 0 Å². The Kier molecular flexibility index (Phi) is 7.85. The highest BCUT2D eigenvalue weighted by molar-refractivity contribution is 7.91. The molecule has 11 heteroatoms. The van der Waals surface area contributed by atoms with Gasteiger partial charge < -0.3 is 20.5 Å². The van der Waals surface area contributed by atoms with Gasteiger partial charge in [-0.2, -0.15) is 0 Å². The summed E-state index contributed by atoms with van der Waals surface area (Å²) in [4.78, 5) is 26.3. The Bertz CT molecular complexity index is 1550. The highest BCUT2D eigenvalue weighted by Gasteiger charge is 2.41. The molecule has 3 N–H and O–H groups in total. The molecule has 3 aromatic heterocycles. The predicted octanol–water partition coefficient (Wildman–Crippen LogP) is 4.78. The fraction of sp³-hybridized carbons (Fsp3) is 0.517. The van der Waals surface area contributed by atoms with Crippen molar-refractivity contribution in [1.29, 1.82) is 0 Å². The van der Waals surface area contributed by atoms with E-state index in [1.807, 2.05) is 47.6 Å². The molecule has 0 amide bonds. The Hall–Kier alpha value is -3.31. The number of anilines is 2. The Morgan fingerprint density at radius 2 is 1.88 bits per heavy atom. The zero-order chi connectivity index (χ0) is 29.6. The molecule has 216 valence electrons. The van der Waals surface area contributed by atoms with Gasteiger partial charge in [0.1, 0.15) is 27.6 Å². The van der Waals surface area contributed by atoms with Gasteiger partial charge in [0.2, 0.25) is 5.88 Å². The van der Waals surface area contributed by atoms with Crippen LogP contribution in [0.1, 0.15) is 82.9 Å². The second-order valence-electron chi connectivity index (χ2n) is 11.7. The van der Waals surface area contributed by atoms with E-state index in [0.717, 1.165) is 10.9 Å². The molecular weight excluding hydrogens is 530 g/mol. The number of aromatic nitrogens is 3. The first-order valence-corrected chi connectivity index (χ1v) is 15.4. The van der Waals surface area contributed by atoms with Gasteiger partial charge in [-0.25, -0.2) is 28.2 Å². The number of nitrogens with one attached hydrogen (secondary N) is 1. The van der Waals surface area contributed by atoms with E-state index in [4.69, 9.17) is 20.2 Å². The molecule has 1 aliphatic rings. The summed E-state index contributed by atoms with van der Waals surface area (Å²) in [5.41, 5.74) is 7.49. The van der Waals surface area contributed by atoms with Gasteiger partial charge in [-0.15, -0.1) is 0 Å². The largest absolute Gasteiger partial charge is 0.474 e. The third-order valence-electron chi connectivity index (χ3n) is 8.07. The number of carbonyl (C=O) groups is 1. The van der Waals surface area contributed by atoms with Crippen molar-refractivity contribution < 1.29 is 22.7 Å². The molecule has 0 saturated carbocycles. The summed E-state index contributed by atoms with van der Waals surface area (Å²) in [6.07, 6.45) is 4.90. The summed E-state index contributed by atoms with van der Waals surface area (Å²) >= 11 is 0. The highest BCUT2D eigenvalue weighted by atomic mass is 32.2. The van der Waals surface area contributed by atoms with Crippen LogP contribution in [0.25, 0.3) is 10.8 Å². The maximum Gasteiger partial charge on any atom is 0.340 e. The van der Waals surface area contributed by atoms with Gasteiger partial charge in [0, 0.05) is 36.0 Å². The molecular formula is C29H39N5O5S. The molecule has 1 unspecified atom stereocenters. The lowest BCUT2D eigenvalue weighted by Crippen LogP contribution is -2.42. The van der Waals surface area contributed by atoms with E-state index in [9.17, 15) is 13.2 Å². The minimum absolute atomic E-state index is 0.318. The normalized spacial score (nSPS) is 19.7. The summed E-state index contributed by atoms with van der Waals surface area (Å²) in [7, 11) is -3.19. The van der Waals surface area contributed by atoms with E-state index < -0.39 is 32.1 Å². The number of carbonyl (C=O) groups excluding carboxylic acids is 1. The first-order valence-electron chi connectivity index (χ1n) is 13.5. The number of fused-ring (bicyclic) bond motifs is 2. The summed E-state index contributed by atoms with van der Waals surface area (Å²) in [6.45, 7) is 13.3. The van der Waals surface area contributed by atoms with Crippen LogP contribution in [0, 0.1) is 0 Å². The Morgan fingerprint density at radius 3 is 2.52 bits per heavy atom. The van der Waals surface area contributed by atoms with Crippen molar-refractivity contribution in [2.45, 2.75) is 89.7 Å². The SMILES string of the molecule is CCC(C)(N)c1cnc(O[C@H](C)C[C@@H](C)S(C)(=O)=O)c2cnc(Nc3ccc4c(n3)C(C)(C)[C@@H](C)OC4=O)cc12. The zero-order valence-electron chi connectivity index (χ0n) is 24.4. The number of pyridine rings is 3. The van der Waals surface area contributed by atoms with Crippen molar-refractivity contribution in [3.05, 3.63) is 47.4 Å². The van der Waals surface area contributed by atoms with Gasteiger partial charge in [-0.3, -0.25) is 0 Å². The van der Waals surface area contributed by atoms with Crippen LogP contribution in [0.3, 0.4) is 0 Å². The lowest BCUT2D eigenvalue weighted by Gasteiger charge is -2.36. The monoisotopic (exact) mass is 569 g/mol. The van der Waals surface area contributed by atoms with Crippen LogP contribution in [0.4, 0.5) is 11.6 Å². The van der Waals surface area contributed by atoms with Crippen LogP contribution < -0.4 is 15.8 Å². The van der Waals surface area contributed by atoms with Crippen LogP contribution in [0.2, 0.25) is 0 Å². The first-order chi connectivity index (χ1) is 18.5. The third-order valence-corrected chi connectivity index (χ3v) is 9.73. The molecule has 0 bridgehead atoms. The van der Waals surface area contributed by atoms with E-state index in [1.54, 1.807) is 31.5 Å². The lowest BCUT2D eigenvalue weighted by atomic mass is 9.79. The van der Waals surface area contributed by atoms with E-state index in [-0.39, 0.29) is 12.1 Å². The van der Waals surface area contributed by atoms with Gasteiger partial charge in [-0.05, 0) is 63.3 Å². The van der Waals surface area contributed by atoms with E-state index >= 15 is 0 Å². The van der Waals surface area contributed by atoms with Gasteiger partial charge >= 0.3 is 5.97 Å². The van der Waals surface area contributed by atoms with Crippen molar-refractivity contribution in [1.82, 2.24) is 15.0 Å². The molecule has 0 saturated heterocycles. The number of ether oxygens (including phenoxy) is 2. The van der Waals surface area contributed by atoms with Crippen molar-refractivity contribution in [3.8, 4) is 5.88 Å². The summed E-state index contributed by atoms with van der Waals surface area (Å²) < 4.78 is 35.5. The number of hydrogen-bond acceptors (Lipinski definition) is 10. The standard InChI is InChI=1S/C29H39N5O5S/c1-9-29(7,30)22-15-32-26(38-16(2)12-17(3)40(8,36)37)21-14-31-24(13-20(21)22)33-23-11-10-19-25(34-23)28(5,6)18(4)39-27(19)35/h10-11,13-18H,9,12,30H2,1-8H3,(H,31,33,34)/t16-,17-,18-,29?/m1/s1. The Morgan fingerprint density at radius 1 is 1.18 bits per heavy atom. The van der Waals surface area contributed by atoms with E-state index in [1.165, 1.54) is 6.26 Å². The minimum Gasteiger partial charge on any atom is -0.474 e. The molecule has 0 aromatic carbocycles. The maximum absolute atomic E-state index is 12.4. The molecule has 0 fully saturated rings. The molecule has 40 heavy (non-hydrogen) atoms. The molecule has 0 spiro atoms. The number of nitrogens with two attached hydrogens (primary N) is 1. The highest BCUT2D eigenvalue weighted by Crippen LogP contribution is 2.37. The summed E-state index contributed by atoms with van der Waals surface area (Å²) in [5.74, 6) is 1.06. The Balaban J connectivity index is 1.72. The Labute approximate surface area is 236 Å². The van der Waals surface area contributed by atoms with Crippen molar-refractivity contribution >= 4 is 38.2 Å². The second-order valence-corrected chi connectivity index (χ2v) is 14.1. The van der Waals surface area contributed by atoms with Crippen molar-refractivity contribution in [2.75, 3.05) is 11.6 Å². The van der Waals surface area contributed by atoms with Gasteiger partial charge in [0.05, 0.1) is 28.0 Å². The third kappa shape index (κ3) is 5.76. The van der Waals surface area contributed by atoms with Crippen LogP contribution in [-0.2, 0) is 25.5 Å². The lowest BCUT2D eigenvalue weighted by molar-refractivity contribution is 0.00864. The molecule has 4 rings (SSSR count). The first kappa shape index (κ1) is 29.7. The number of sulfone groups is 1. The van der Waals surface area contributed by atoms with Crippen LogP contribution in [0.15, 0.2) is 30.6 Å². The molecule has 0 radical (unpaired) electrons. The van der Waals surface area contributed by atoms with Crippen molar-refractivity contribution in [2.24, 2.45) is 5.73 Å². The average molecular weight is 570 g/mol. The number of cyclic esters (lactones) is 1. The summed E-state index contributed by atoms with van der Waals surface area (Å²) in [5, 5.41) is 4.21. The smallest absolute Gasteiger partial charge is 0.340 e. The van der Waals surface area contributed by atoms with Gasteiger partial charge in [0.25, 0.3) is 0 Å². The number of nitrogens with zero attached hydrogens (tertiary/aromatic N) is 3. The van der Waals surface area contributed by atoms with Crippen LogP contribution >= 0.6 is 0 Å². The van der Waals surface area contributed by atoms with Gasteiger partial charge in [-0.1, -0.05) is 20.8 Å². The fourth-order valence-corrected chi connectivity index (χ4v) is 5.30. The van der Waals surface area contributed by atoms with Crippen LogP contribution in [-0.4, -0.2) is 53.1 Å². The predicted molar refractivity (Wildman–Crippen MR) is 156 cm³/mol. The molecule has 3 aromatic rings. The summed E-state index contributed by atoms with van der Waals surface area (Å²) in [6, 6.07) is 5.33. The maximum atomic E-state index is 12.4. The fourth-order valence-electron chi connectivity index (χ4n) is 4.68. The van der Waals surface area contributed by atoms with Crippen LogP contribution in [0.5, 0.6) is 5.88 Å². The average Bonchev–Trinajstić information content (AvgIpc) is 2.87.